The van der Waals surface area contributed by atoms with Gasteiger partial charge in [-0.15, -0.1) is 0 Å². The molecule has 0 atom stereocenters. The van der Waals surface area contributed by atoms with E-state index < -0.39 is 11.6 Å². The first kappa shape index (κ1) is 10.6. The van der Waals surface area contributed by atoms with Crippen LogP contribution in [0.5, 0.6) is 0 Å². The monoisotopic (exact) mass is 219 g/mol. The van der Waals surface area contributed by atoms with Gasteiger partial charge >= 0.3 is 5.97 Å². The standard InChI is InChI=1S/C11H13N3O2/c1-11(2,3)16-10(15)9-13-7-5-4-6-12-8(7)14-9/h4-6H,1-3H3,(H,12,13,14). The fourth-order valence-corrected chi connectivity index (χ4v) is 1.27. The van der Waals surface area contributed by atoms with Crippen LogP contribution in [0, 0.1) is 0 Å². The van der Waals surface area contributed by atoms with Gasteiger partial charge in [0.05, 0.1) is 5.52 Å². The topological polar surface area (TPSA) is 67.9 Å². The highest BCUT2D eigenvalue weighted by Crippen LogP contribution is 2.12. The van der Waals surface area contributed by atoms with E-state index in [4.69, 9.17) is 4.74 Å². The van der Waals surface area contributed by atoms with Gasteiger partial charge in [0.2, 0.25) is 5.82 Å². The van der Waals surface area contributed by atoms with Crippen molar-refractivity contribution in [3.63, 3.8) is 0 Å². The Morgan fingerprint density at radius 2 is 2.19 bits per heavy atom. The number of nitrogens with zero attached hydrogens (tertiary/aromatic N) is 2. The highest BCUT2D eigenvalue weighted by Gasteiger charge is 2.20. The van der Waals surface area contributed by atoms with E-state index in [-0.39, 0.29) is 5.82 Å². The van der Waals surface area contributed by atoms with Gasteiger partial charge in [0.25, 0.3) is 0 Å². The fourth-order valence-electron chi connectivity index (χ4n) is 1.27. The Morgan fingerprint density at radius 1 is 1.44 bits per heavy atom. The average Bonchev–Trinajstić information content (AvgIpc) is 2.58. The number of esters is 1. The van der Waals surface area contributed by atoms with Gasteiger partial charge in [-0.25, -0.2) is 14.8 Å². The van der Waals surface area contributed by atoms with Gasteiger partial charge < -0.3 is 9.72 Å². The van der Waals surface area contributed by atoms with E-state index >= 15 is 0 Å². The Bertz CT molecular complexity index is 492. The van der Waals surface area contributed by atoms with Gasteiger partial charge in [0.15, 0.2) is 5.65 Å². The van der Waals surface area contributed by atoms with Crippen LogP contribution in [0.25, 0.3) is 11.2 Å². The molecule has 0 unspecified atom stereocenters. The molecule has 0 radical (unpaired) electrons. The lowest BCUT2D eigenvalue weighted by Gasteiger charge is -2.18. The van der Waals surface area contributed by atoms with Crippen molar-refractivity contribution in [2.24, 2.45) is 0 Å². The molecule has 2 heterocycles. The van der Waals surface area contributed by atoms with Crippen molar-refractivity contribution in [1.29, 1.82) is 0 Å². The number of aromatic amines is 1. The molecular weight excluding hydrogens is 206 g/mol. The van der Waals surface area contributed by atoms with Crippen LogP contribution in [0.2, 0.25) is 0 Å². The van der Waals surface area contributed by atoms with E-state index in [1.807, 2.05) is 26.8 Å². The number of carbonyl (C=O) groups excluding carboxylic acids is 1. The second-order valence-electron chi connectivity index (χ2n) is 4.46. The average molecular weight is 219 g/mol. The first-order valence-electron chi connectivity index (χ1n) is 5.00. The predicted octanol–water partition coefficient (Wildman–Crippen LogP) is 1.91. The molecule has 5 nitrogen and oxygen atoms in total. The Kier molecular flexibility index (Phi) is 2.38. The lowest BCUT2D eigenvalue weighted by Crippen LogP contribution is -2.24. The Labute approximate surface area is 92.9 Å². The second kappa shape index (κ2) is 3.59. The molecule has 0 saturated carbocycles. The molecule has 2 aromatic rings. The number of ether oxygens (including phenoxy) is 1. The van der Waals surface area contributed by atoms with Crippen LogP contribution in [0.4, 0.5) is 0 Å². The number of imidazole rings is 1. The summed E-state index contributed by atoms with van der Waals surface area (Å²) in [5, 5.41) is 0. The van der Waals surface area contributed by atoms with Gasteiger partial charge in [-0.05, 0) is 32.9 Å². The summed E-state index contributed by atoms with van der Waals surface area (Å²) in [7, 11) is 0. The smallest absolute Gasteiger partial charge is 0.374 e. The molecule has 2 aromatic heterocycles. The van der Waals surface area contributed by atoms with Crippen molar-refractivity contribution >= 4 is 17.1 Å². The highest BCUT2D eigenvalue weighted by molar-refractivity contribution is 5.89. The van der Waals surface area contributed by atoms with E-state index in [1.54, 1.807) is 12.3 Å². The van der Waals surface area contributed by atoms with E-state index in [0.717, 1.165) is 5.52 Å². The number of fused-ring (bicyclic) bond motifs is 1. The zero-order chi connectivity index (χ0) is 11.8. The number of pyridine rings is 1. The van der Waals surface area contributed by atoms with Crippen LogP contribution in [0.1, 0.15) is 31.4 Å². The van der Waals surface area contributed by atoms with Crippen molar-refractivity contribution in [3.8, 4) is 0 Å². The molecule has 1 N–H and O–H groups in total. The van der Waals surface area contributed by atoms with Gasteiger partial charge in [-0.3, -0.25) is 0 Å². The number of carbonyl (C=O) groups is 1. The van der Waals surface area contributed by atoms with Crippen LogP contribution in [-0.2, 0) is 4.74 Å². The molecule has 0 bridgehead atoms. The highest BCUT2D eigenvalue weighted by atomic mass is 16.6. The van der Waals surface area contributed by atoms with Crippen molar-refractivity contribution < 1.29 is 9.53 Å². The lowest BCUT2D eigenvalue weighted by atomic mass is 10.2. The first-order chi connectivity index (χ1) is 7.46. The molecule has 0 aromatic carbocycles. The predicted molar refractivity (Wildman–Crippen MR) is 59.1 cm³/mol. The van der Waals surface area contributed by atoms with Gasteiger partial charge in [-0.1, -0.05) is 0 Å². The summed E-state index contributed by atoms with van der Waals surface area (Å²) in [6.45, 7) is 5.43. The van der Waals surface area contributed by atoms with E-state index in [2.05, 4.69) is 15.0 Å². The Balaban J connectivity index is 2.30. The first-order valence-corrected chi connectivity index (χ1v) is 5.00. The van der Waals surface area contributed by atoms with E-state index in [0.29, 0.717) is 5.65 Å². The minimum absolute atomic E-state index is 0.184. The molecule has 84 valence electrons. The van der Waals surface area contributed by atoms with Gasteiger partial charge in [-0.2, -0.15) is 0 Å². The summed E-state index contributed by atoms with van der Waals surface area (Å²) in [4.78, 5) is 22.6. The summed E-state index contributed by atoms with van der Waals surface area (Å²) in [6.07, 6.45) is 1.63. The normalized spacial score (nSPS) is 11.7. The molecule has 0 aliphatic carbocycles. The van der Waals surface area contributed by atoms with Crippen molar-refractivity contribution in [2.45, 2.75) is 26.4 Å². The van der Waals surface area contributed by atoms with Gasteiger partial charge in [0, 0.05) is 6.20 Å². The molecule has 5 heteroatoms. The zero-order valence-corrected chi connectivity index (χ0v) is 9.44. The third kappa shape index (κ3) is 2.18. The molecule has 0 amide bonds. The Hall–Kier alpha value is -1.91. The molecule has 0 spiro atoms. The van der Waals surface area contributed by atoms with E-state index in [1.165, 1.54) is 0 Å². The van der Waals surface area contributed by atoms with Gasteiger partial charge in [0.1, 0.15) is 5.60 Å². The molecule has 0 aliphatic heterocycles. The maximum absolute atomic E-state index is 11.7. The molecule has 0 saturated heterocycles. The maximum atomic E-state index is 11.7. The minimum Gasteiger partial charge on any atom is -0.454 e. The zero-order valence-electron chi connectivity index (χ0n) is 9.44. The number of rotatable bonds is 1. The number of hydrogen-bond acceptors (Lipinski definition) is 4. The van der Waals surface area contributed by atoms with Crippen LogP contribution in [0.3, 0.4) is 0 Å². The van der Waals surface area contributed by atoms with E-state index in [9.17, 15) is 4.79 Å². The summed E-state index contributed by atoms with van der Waals surface area (Å²) in [6, 6.07) is 3.59. The lowest BCUT2D eigenvalue weighted by molar-refractivity contribution is 0.00572. The molecule has 0 aliphatic rings. The van der Waals surface area contributed by atoms with Crippen LogP contribution >= 0.6 is 0 Å². The summed E-state index contributed by atoms with van der Waals surface area (Å²) in [5.74, 6) is -0.283. The SMILES string of the molecule is CC(C)(C)OC(=O)c1nc2ncccc2[nH]1. The summed E-state index contributed by atoms with van der Waals surface area (Å²) in [5.41, 5.74) is 0.718. The molecule has 2 rings (SSSR count). The quantitative estimate of drug-likeness (QED) is 0.744. The van der Waals surface area contributed by atoms with Crippen LogP contribution < -0.4 is 0 Å². The van der Waals surface area contributed by atoms with Crippen LogP contribution in [0.15, 0.2) is 18.3 Å². The third-order valence-electron chi connectivity index (χ3n) is 1.85. The third-order valence-corrected chi connectivity index (χ3v) is 1.85. The Morgan fingerprint density at radius 3 is 2.81 bits per heavy atom. The minimum atomic E-state index is -0.524. The molecular formula is C11H13N3O2. The summed E-state index contributed by atoms with van der Waals surface area (Å²) < 4.78 is 5.19. The largest absolute Gasteiger partial charge is 0.454 e. The molecule has 0 fully saturated rings. The van der Waals surface area contributed by atoms with Crippen molar-refractivity contribution in [3.05, 3.63) is 24.2 Å². The molecule has 16 heavy (non-hydrogen) atoms. The van der Waals surface area contributed by atoms with Crippen LogP contribution in [-0.4, -0.2) is 26.5 Å². The summed E-state index contributed by atoms with van der Waals surface area (Å²) >= 11 is 0. The second-order valence-corrected chi connectivity index (χ2v) is 4.46. The fraction of sp³-hybridized carbons (Fsp3) is 0.364. The number of nitrogens with one attached hydrogen (secondary N) is 1. The number of H-pyrrole nitrogens is 1. The number of aromatic nitrogens is 3. The number of hydrogen-bond donors (Lipinski definition) is 1. The van der Waals surface area contributed by atoms with Crippen molar-refractivity contribution in [2.75, 3.05) is 0 Å². The maximum Gasteiger partial charge on any atom is 0.374 e. The van der Waals surface area contributed by atoms with Crippen molar-refractivity contribution in [1.82, 2.24) is 15.0 Å².